The average Bonchev–Trinajstić information content (AvgIpc) is 2.75. The molecule has 3 rings (SSSR count). The zero-order chi connectivity index (χ0) is 19.9. The molecule has 0 amide bonds. The summed E-state index contributed by atoms with van der Waals surface area (Å²) in [5.74, 6) is -0.345. The Morgan fingerprint density at radius 3 is 2.25 bits per heavy atom. The number of carbonyl (C=O) groups excluding carboxylic acids is 1. The summed E-state index contributed by atoms with van der Waals surface area (Å²) in [5.41, 5.74) is 2.45. The molecule has 0 bridgehead atoms. The number of aryl methyl sites for hydroxylation is 1. The van der Waals surface area contributed by atoms with Crippen LogP contribution < -0.4 is 0 Å². The van der Waals surface area contributed by atoms with Crippen molar-refractivity contribution in [2.24, 2.45) is 10.2 Å². The van der Waals surface area contributed by atoms with Crippen molar-refractivity contribution in [3.05, 3.63) is 94.8 Å². The van der Waals surface area contributed by atoms with Gasteiger partial charge < -0.3 is 10.2 Å². The molecular formula is C22H19N3O3. The number of aromatic nitrogens is 1. The normalized spacial score (nSPS) is 11.7. The van der Waals surface area contributed by atoms with Gasteiger partial charge in [-0.15, -0.1) is 5.10 Å². The van der Waals surface area contributed by atoms with E-state index in [0.29, 0.717) is 27.9 Å². The molecule has 0 unspecified atom stereocenters. The first kappa shape index (κ1) is 19.1. The van der Waals surface area contributed by atoms with Crippen LogP contribution in [0.3, 0.4) is 0 Å². The molecule has 0 spiro atoms. The summed E-state index contributed by atoms with van der Waals surface area (Å²) < 4.78 is 0. The Morgan fingerprint density at radius 2 is 1.64 bits per heavy atom. The average molecular weight is 373 g/mol. The van der Waals surface area contributed by atoms with Crippen molar-refractivity contribution in [3.8, 4) is 5.75 Å². The maximum atomic E-state index is 12.9. The highest BCUT2D eigenvalue weighted by molar-refractivity contribution is 6.51. The van der Waals surface area contributed by atoms with Crippen LogP contribution in [0.4, 0.5) is 0 Å². The SMILES string of the molecule is Cc1ncc(CO)c(/C=N/N=C(\C(=O)c2ccccc2)c2ccccc2)c1O. The Balaban J connectivity index is 2.03. The smallest absolute Gasteiger partial charge is 0.213 e. The van der Waals surface area contributed by atoms with E-state index >= 15 is 0 Å². The van der Waals surface area contributed by atoms with Crippen LogP contribution in [0.5, 0.6) is 5.75 Å². The Morgan fingerprint density at radius 1 is 1.04 bits per heavy atom. The van der Waals surface area contributed by atoms with E-state index in [-0.39, 0.29) is 23.9 Å². The highest BCUT2D eigenvalue weighted by atomic mass is 16.3. The van der Waals surface area contributed by atoms with Crippen LogP contribution >= 0.6 is 0 Å². The fourth-order valence-corrected chi connectivity index (χ4v) is 2.62. The lowest BCUT2D eigenvalue weighted by molar-refractivity contribution is 0.106. The molecule has 6 nitrogen and oxygen atoms in total. The molecule has 1 aromatic heterocycles. The molecule has 1 heterocycles. The predicted octanol–water partition coefficient (Wildman–Crippen LogP) is 3.29. The fraction of sp³-hybridized carbons (Fsp3) is 0.0909. The third kappa shape index (κ3) is 4.19. The number of aliphatic hydroxyl groups excluding tert-OH is 1. The number of nitrogens with zero attached hydrogens (tertiary/aromatic N) is 3. The van der Waals surface area contributed by atoms with E-state index in [1.165, 1.54) is 12.4 Å². The molecule has 0 aliphatic rings. The van der Waals surface area contributed by atoms with Gasteiger partial charge in [-0.1, -0.05) is 60.7 Å². The highest BCUT2D eigenvalue weighted by Gasteiger charge is 2.16. The number of pyridine rings is 1. The monoisotopic (exact) mass is 373 g/mol. The molecule has 0 saturated heterocycles. The van der Waals surface area contributed by atoms with Crippen molar-refractivity contribution >= 4 is 17.7 Å². The van der Waals surface area contributed by atoms with E-state index in [1.807, 2.05) is 24.3 Å². The number of rotatable bonds is 6. The zero-order valence-electron chi connectivity index (χ0n) is 15.3. The Hall–Kier alpha value is -3.64. The standard InChI is InChI=1S/C22H19N3O3/c1-15-21(27)19(18(14-26)12-23-15)13-24-25-20(16-8-4-2-5-9-16)22(28)17-10-6-3-7-11-17/h2-13,26-27H,14H2,1H3/b24-13+,25-20-. The van der Waals surface area contributed by atoms with E-state index in [2.05, 4.69) is 15.2 Å². The third-order valence-electron chi connectivity index (χ3n) is 4.17. The van der Waals surface area contributed by atoms with Gasteiger partial charge in [0, 0.05) is 28.5 Å². The first-order chi connectivity index (χ1) is 13.6. The predicted molar refractivity (Wildman–Crippen MR) is 108 cm³/mol. The minimum atomic E-state index is -0.305. The number of hydrogen-bond donors (Lipinski definition) is 2. The topological polar surface area (TPSA) is 95.1 Å². The number of hydrogen-bond acceptors (Lipinski definition) is 6. The molecule has 0 atom stereocenters. The van der Waals surface area contributed by atoms with E-state index in [0.717, 1.165) is 0 Å². The number of ketones is 1. The van der Waals surface area contributed by atoms with E-state index in [1.54, 1.807) is 43.3 Å². The lowest BCUT2D eigenvalue weighted by Crippen LogP contribution is -2.15. The second-order valence-corrected chi connectivity index (χ2v) is 6.04. The van der Waals surface area contributed by atoms with Crippen molar-refractivity contribution in [1.82, 2.24) is 4.98 Å². The minimum Gasteiger partial charge on any atom is -0.505 e. The molecule has 2 aromatic carbocycles. The van der Waals surface area contributed by atoms with E-state index in [4.69, 9.17) is 0 Å². The van der Waals surface area contributed by atoms with Crippen LogP contribution in [0.1, 0.15) is 32.7 Å². The van der Waals surface area contributed by atoms with Crippen molar-refractivity contribution < 1.29 is 15.0 Å². The summed E-state index contributed by atoms with van der Waals surface area (Å²) in [7, 11) is 0. The second-order valence-electron chi connectivity index (χ2n) is 6.04. The molecule has 0 fully saturated rings. The number of carbonyl (C=O) groups is 1. The molecule has 0 saturated carbocycles. The van der Waals surface area contributed by atoms with E-state index in [9.17, 15) is 15.0 Å². The Bertz CT molecular complexity index is 1030. The molecule has 140 valence electrons. The summed E-state index contributed by atoms with van der Waals surface area (Å²) in [6.07, 6.45) is 2.78. The van der Waals surface area contributed by atoms with Crippen molar-refractivity contribution in [1.29, 1.82) is 0 Å². The van der Waals surface area contributed by atoms with Gasteiger partial charge in [0.25, 0.3) is 0 Å². The summed E-state index contributed by atoms with van der Waals surface area (Å²) in [4.78, 5) is 16.9. The quantitative estimate of drug-likeness (QED) is 0.394. The van der Waals surface area contributed by atoms with Gasteiger partial charge in [0.1, 0.15) is 11.5 Å². The second kappa shape index (κ2) is 8.83. The molecule has 3 aromatic rings. The molecule has 0 radical (unpaired) electrons. The van der Waals surface area contributed by atoms with Crippen LogP contribution in [0.2, 0.25) is 0 Å². The van der Waals surface area contributed by atoms with Gasteiger partial charge in [0.2, 0.25) is 5.78 Å². The van der Waals surface area contributed by atoms with Gasteiger partial charge >= 0.3 is 0 Å². The maximum Gasteiger partial charge on any atom is 0.213 e. The highest BCUT2D eigenvalue weighted by Crippen LogP contribution is 2.22. The van der Waals surface area contributed by atoms with Crippen LogP contribution in [0, 0.1) is 6.92 Å². The summed E-state index contributed by atoms with van der Waals surface area (Å²) >= 11 is 0. The van der Waals surface area contributed by atoms with Crippen LogP contribution in [0.25, 0.3) is 0 Å². The summed E-state index contributed by atoms with van der Waals surface area (Å²) in [6, 6.07) is 17.9. The Kier molecular flexibility index (Phi) is 6.04. The molecule has 2 N–H and O–H groups in total. The first-order valence-electron chi connectivity index (χ1n) is 8.66. The molecular weight excluding hydrogens is 354 g/mol. The molecule has 28 heavy (non-hydrogen) atoms. The van der Waals surface area contributed by atoms with Crippen molar-refractivity contribution in [3.63, 3.8) is 0 Å². The van der Waals surface area contributed by atoms with Gasteiger partial charge in [-0.05, 0) is 6.92 Å². The summed E-state index contributed by atoms with van der Waals surface area (Å²) in [5, 5.41) is 27.8. The van der Waals surface area contributed by atoms with Gasteiger partial charge in [-0.3, -0.25) is 9.78 Å². The zero-order valence-corrected chi connectivity index (χ0v) is 15.3. The number of aliphatic hydroxyl groups is 1. The van der Waals surface area contributed by atoms with Gasteiger partial charge in [-0.2, -0.15) is 5.10 Å². The van der Waals surface area contributed by atoms with Crippen LogP contribution in [-0.2, 0) is 6.61 Å². The molecule has 0 aliphatic heterocycles. The lowest BCUT2D eigenvalue weighted by Gasteiger charge is -2.07. The third-order valence-corrected chi connectivity index (χ3v) is 4.17. The van der Waals surface area contributed by atoms with Crippen LogP contribution in [0.15, 0.2) is 77.1 Å². The van der Waals surface area contributed by atoms with Gasteiger partial charge in [0.15, 0.2) is 0 Å². The number of benzene rings is 2. The number of aromatic hydroxyl groups is 1. The number of Topliss-reactive ketones (excluding diaryl/α,β-unsaturated/α-hetero) is 1. The molecule has 6 heteroatoms. The van der Waals surface area contributed by atoms with E-state index < -0.39 is 0 Å². The maximum absolute atomic E-state index is 12.9. The Labute approximate surface area is 162 Å². The van der Waals surface area contributed by atoms with Crippen molar-refractivity contribution in [2.45, 2.75) is 13.5 Å². The van der Waals surface area contributed by atoms with Gasteiger partial charge in [-0.25, -0.2) is 0 Å². The fourth-order valence-electron chi connectivity index (χ4n) is 2.62. The minimum absolute atomic E-state index is 0.0823. The van der Waals surface area contributed by atoms with Crippen LogP contribution in [-0.4, -0.2) is 32.9 Å². The largest absolute Gasteiger partial charge is 0.505 e. The van der Waals surface area contributed by atoms with Crippen molar-refractivity contribution in [2.75, 3.05) is 0 Å². The van der Waals surface area contributed by atoms with Gasteiger partial charge in [0.05, 0.1) is 18.5 Å². The molecule has 0 aliphatic carbocycles. The summed E-state index contributed by atoms with van der Waals surface area (Å²) in [6.45, 7) is 1.34. The first-order valence-corrected chi connectivity index (χ1v) is 8.66. The lowest BCUT2D eigenvalue weighted by atomic mass is 10.0.